The third-order valence-electron chi connectivity index (χ3n) is 3.82. The number of hydrogen-bond acceptors (Lipinski definition) is 3. The Bertz CT molecular complexity index is 450. The summed E-state index contributed by atoms with van der Waals surface area (Å²) >= 11 is 0. The average molecular weight is 305 g/mol. The average Bonchev–Trinajstić information content (AvgIpc) is 3.03. The highest BCUT2D eigenvalue weighted by Crippen LogP contribution is 2.16. The summed E-state index contributed by atoms with van der Waals surface area (Å²) in [6, 6.07) is 7.31. The van der Waals surface area contributed by atoms with Gasteiger partial charge in [-0.15, -0.1) is 0 Å². The second kappa shape index (κ2) is 8.79. The lowest BCUT2D eigenvalue weighted by molar-refractivity contribution is 0.0679. The minimum atomic E-state index is -0.0190. The Morgan fingerprint density at radius 2 is 2.14 bits per heavy atom. The molecule has 0 aliphatic carbocycles. The molecule has 1 amide bonds. The van der Waals surface area contributed by atoms with Crippen LogP contribution in [0.15, 0.2) is 24.3 Å². The van der Waals surface area contributed by atoms with Crippen molar-refractivity contribution in [3.8, 4) is 5.75 Å². The third-order valence-corrected chi connectivity index (χ3v) is 3.82. The molecule has 1 fully saturated rings. The first-order valence-electron chi connectivity index (χ1n) is 8.28. The van der Waals surface area contributed by atoms with Gasteiger partial charge >= 0.3 is 0 Å². The van der Waals surface area contributed by atoms with Crippen LogP contribution in [-0.4, -0.2) is 31.8 Å². The lowest BCUT2D eigenvalue weighted by atomic mass is 10.1. The number of rotatable bonds is 8. The van der Waals surface area contributed by atoms with Crippen molar-refractivity contribution in [2.24, 2.45) is 5.92 Å². The highest BCUT2D eigenvalue weighted by molar-refractivity contribution is 5.94. The molecule has 1 heterocycles. The summed E-state index contributed by atoms with van der Waals surface area (Å²) in [5, 5.41) is 2.95. The first-order chi connectivity index (χ1) is 10.6. The van der Waals surface area contributed by atoms with Gasteiger partial charge < -0.3 is 14.8 Å². The topological polar surface area (TPSA) is 47.6 Å². The number of carbonyl (C=O) groups is 1. The first kappa shape index (κ1) is 16.8. The number of carbonyl (C=O) groups excluding carboxylic acids is 1. The Morgan fingerprint density at radius 1 is 1.36 bits per heavy atom. The number of hydrogen-bond donors (Lipinski definition) is 1. The van der Waals surface area contributed by atoms with Gasteiger partial charge in [-0.1, -0.05) is 13.8 Å². The van der Waals surface area contributed by atoms with Crippen molar-refractivity contribution in [1.29, 1.82) is 0 Å². The van der Waals surface area contributed by atoms with E-state index in [2.05, 4.69) is 19.2 Å². The summed E-state index contributed by atoms with van der Waals surface area (Å²) in [6.07, 6.45) is 4.55. The van der Waals surface area contributed by atoms with Crippen LogP contribution in [0.25, 0.3) is 0 Å². The molecular formula is C18H27NO3. The molecule has 122 valence electrons. The van der Waals surface area contributed by atoms with Gasteiger partial charge in [-0.3, -0.25) is 4.79 Å². The Kier molecular flexibility index (Phi) is 6.72. The molecule has 1 saturated heterocycles. The van der Waals surface area contributed by atoms with E-state index in [1.54, 1.807) is 0 Å². The quantitative estimate of drug-likeness (QED) is 0.749. The number of benzene rings is 1. The molecule has 1 unspecified atom stereocenters. The zero-order valence-corrected chi connectivity index (χ0v) is 13.6. The highest BCUT2D eigenvalue weighted by Gasteiger charge is 2.16. The molecule has 2 rings (SSSR count). The maximum atomic E-state index is 12.0. The zero-order chi connectivity index (χ0) is 15.8. The van der Waals surface area contributed by atoms with Crippen LogP contribution in [0.1, 0.15) is 49.9 Å². The van der Waals surface area contributed by atoms with Crippen LogP contribution in [0.4, 0.5) is 0 Å². The van der Waals surface area contributed by atoms with Gasteiger partial charge in [0.2, 0.25) is 0 Å². The summed E-state index contributed by atoms with van der Waals surface area (Å²) in [7, 11) is 0. The maximum absolute atomic E-state index is 12.0. The van der Waals surface area contributed by atoms with Crippen LogP contribution in [0.3, 0.4) is 0 Å². The van der Waals surface area contributed by atoms with Crippen molar-refractivity contribution in [2.45, 2.75) is 45.6 Å². The van der Waals surface area contributed by atoms with E-state index in [4.69, 9.17) is 9.47 Å². The molecule has 1 aromatic carbocycles. The van der Waals surface area contributed by atoms with E-state index in [1.807, 2.05) is 24.3 Å². The van der Waals surface area contributed by atoms with Crippen molar-refractivity contribution >= 4 is 5.91 Å². The van der Waals surface area contributed by atoms with Gasteiger partial charge in [0, 0.05) is 18.7 Å². The van der Waals surface area contributed by atoms with Gasteiger partial charge in [-0.2, -0.15) is 0 Å². The lowest BCUT2D eigenvalue weighted by Gasteiger charge is -2.12. The van der Waals surface area contributed by atoms with Gasteiger partial charge in [0.05, 0.1) is 6.10 Å². The van der Waals surface area contributed by atoms with Crippen LogP contribution in [0, 0.1) is 5.92 Å². The molecule has 4 nitrogen and oxygen atoms in total. The molecule has 1 aliphatic rings. The van der Waals surface area contributed by atoms with Crippen LogP contribution in [-0.2, 0) is 4.74 Å². The molecule has 0 aromatic heterocycles. The SMILES string of the molecule is CC(C)CCCNC(=O)c1ccc(OCC2CCCO2)cc1. The summed E-state index contributed by atoms with van der Waals surface area (Å²) in [5.74, 6) is 1.44. The van der Waals surface area contributed by atoms with E-state index >= 15 is 0 Å². The second-order valence-corrected chi connectivity index (χ2v) is 6.26. The Balaban J connectivity index is 1.71. The number of amides is 1. The van der Waals surface area contributed by atoms with E-state index in [9.17, 15) is 4.79 Å². The Labute approximate surface area is 133 Å². The lowest BCUT2D eigenvalue weighted by Crippen LogP contribution is -2.24. The van der Waals surface area contributed by atoms with E-state index in [1.165, 1.54) is 0 Å². The number of ether oxygens (including phenoxy) is 2. The summed E-state index contributed by atoms with van der Waals surface area (Å²) in [6.45, 7) is 6.54. The smallest absolute Gasteiger partial charge is 0.251 e. The largest absolute Gasteiger partial charge is 0.491 e. The predicted octanol–water partition coefficient (Wildman–Crippen LogP) is 3.41. The van der Waals surface area contributed by atoms with E-state index in [0.29, 0.717) is 18.1 Å². The number of nitrogens with one attached hydrogen (secondary N) is 1. The van der Waals surface area contributed by atoms with Crippen molar-refractivity contribution in [2.75, 3.05) is 19.8 Å². The first-order valence-corrected chi connectivity index (χ1v) is 8.28. The molecule has 0 radical (unpaired) electrons. The summed E-state index contributed by atoms with van der Waals surface area (Å²) in [4.78, 5) is 12.0. The van der Waals surface area contributed by atoms with Crippen molar-refractivity contribution < 1.29 is 14.3 Å². The molecular weight excluding hydrogens is 278 g/mol. The van der Waals surface area contributed by atoms with Crippen LogP contribution < -0.4 is 10.1 Å². The molecule has 1 aromatic rings. The van der Waals surface area contributed by atoms with Gasteiger partial charge in [-0.05, 0) is 55.9 Å². The fourth-order valence-corrected chi connectivity index (χ4v) is 2.48. The normalized spacial score (nSPS) is 17.7. The van der Waals surface area contributed by atoms with Crippen molar-refractivity contribution in [3.05, 3.63) is 29.8 Å². The molecule has 1 atom stereocenters. The summed E-state index contributed by atoms with van der Waals surface area (Å²) in [5.41, 5.74) is 0.675. The van der Waals surface area contributed by atoms with Crippen LogP contribution in [0.2, 0.25) is 0 Å². The minimum absolute atomic E-state index is 0.0190. The predicted molar refractivity (Wildman–Crippen MR) is 87.3 cm³/mol. The maximum Gasteiger partial charge on any atom is 0.251 e. The Hall–Kier alpha value is -1.55. The minimum Gasteiger partial charge on any atom is -0.491 e. The van der Waals surface area contributed by atoms with E-state index in [-0.39, 0.29) is 12.0 Å². The Morgan fingerprint density at radius 3 is 2.77 bits per heavy atom. The molecule has 0 spiro atoms. The van der Waals surface area contributed by atoms with Gasteiger partial charge in [0.15, 0.2) is 0 Å². The second-order valence-electron chi connectivity index (χ2n) is 6.26. The summed E-state index contributed by atoms with van der Waals surface area (Å²) < 4.78 is 11.2. The molecule has 4 heteroatoms. The van der Waals surface area contributed by atoms with Crippen molar-refractivity contribution in [3.63, 3.8) is 0 Å². The fourth-order valence-electron chi connectivity index (χ4n) is 2.48. The zero-order valence-electron chi connectivity index (χ0n) is 13.6. The van der Waals surface area contributed by atoms with Gasteiger partial charge in [-0.25, -0.2) is 0 Å². The van der Waals surface area contributed by atoms with Gasteiger partial charge in [0.1, 0.15) is 12.4 Å². The van der Waals surface area contributed by atoms with Crippen LogP contribution in [0.5, 0.6) is 5.75 Å². The van der Waals surface area contributed by atoms with Crippen LogP contribution >= 0.6 is 0 Å². The van der Waals surface area contributed by atoms with E-state index < -0.39 is 0 Å². The molecule has 1 aliphatic heterocycles. The standard InChI is InChI=1S/C18H27NO3/c1-14(2)5-3-11-19-18(20)15-7-9-16(10-8-15)22-13-17-6-4-12-21-17/h7-10,14,17H,3-6,11-13H2,1-2H3,(H,19,20). The molecule has 22 heavy (non-hydrogen) atoms. The molecule has 1 N–H and O–H groups in total. The highest BCUT2D eigenvalue weighted by atomic mass is 16.5. The fraction of sp³-hybridized carbons (Fsp3) is 0.611. The van der Waals surface area contributed by atoms with Crippen molar-refractivity contribution in [1.82, 2.24) is 5.32 Å². The molecule has 0 bridgehead atoms. The molecule has 0 saturated carbocycles. The third kappa shape index (κ3) is 5.68. The van der Waals surface area contributed by atoms with E-state index in [0.717, 1.165) is 44.6 Å². The monoisotopic (exact) mass is 305 g/mol. The van der Waals surface area contributed by atoms with Gasteiger partial charge in [0.25, 0.3) is 5.91 Å².